The number of piperidine rings is 2. The largest absolute Gasteiger partial charge is 0.354 e. The minimum atomic E-state index is -0.537. The number of carbonyl (C=O) groups is 3. The van der Waals surface area contributed by atoms with E-state index in [1.807, 2.05) is 4.90 Å². The lowest BCUT2D eigenvalue weighted by Crippen LogP contribution is -2.39. The first-order valence-corrected chi connectivity index (χ1v) is 7.78. The van der Waals surface area contributed by atoms with Gasteiger partial charge in [-0.3, -0.25) is 14.9 Å². The normalized spacial score (nSPS) is 22.8. The van der Waals surface area contributed by atoms with Gasteiger partial charge in [-0.25, -0.2) is 9.37 Å². The number of aldehydes is 1. The van der Waals surface area contributed by atoms with Gasteiger partial charge in [-0.2, -0.15) is 0 Å². The van der Waals surface area contributed by atoms with E-state index in [0.717, 1.165) is 6.29 Å². The van der Waals surface area contributed by atoms with E-state index >= 15 is 0 Å². The van der Waals surface area contributed by atoms with Crippen LogP contribution in [0.1, 0.15) is 37.2 Å². The lowest BCUT2D eigenvalue weighted by Gasteiger charge is -2.31. The van der Waals surface area contributed by atoms with Crippen molar-refractivity contribution in [3.63, 3.8) is 0 Å². The summed E-state index contributed by atoms with van der Waals surface area (Å²) in [6.07, 6.45) is 4.46. The Kier molecular flexibility index (Phi) is 4.36. The van der Waals surface area contributed by atoms with Gasteiger partial charge in [0.25, 0.3) is 0 Å². The third kappa shape index (κ3) is 3.23. The summed E-state index contributed by atoms with van der Waals surface area (Å²) in [7, 11) is 0. The second-order valence-corrected chi connectivity index (χ2v) is 6.04. The number of anilines is 1. The zero-order chi connectivity index (χ0) is 16.4. The second-order valence-electron chi connectivity index (χ2n) is 6.04. The monoisotopic (exact) mass is 319 g/mol. The van der Waals surface area contributed by atoms with Crippen LogP contribution in [-0.4, -0.2) is 36.2 Å². The van der Waals surface area contributed by atoms with E-state index in [4.69, 9.17) is 0 Å². The maximum Gasteiger partial charge on any atom is 0.234 e. The van der Waals surface area contributed by atoms with E-state index in [9.17, 15) is 18.8 Å². The molecule has 0 bridgehead atoms. The molecule has 2 aliphatic rings. The van der Waals surface area contributed by atoms with Crippen molar-refractivity contribution in [1.29, 1.82) is 0 Å². The molecule has 1 unspecified atom stereocenters. The first-order valence-electron chi connectivity index (χ1n) is 7.78. The quantitative estimate of drug-likeness (QED) is 0.668. The maximum atomic E-state index is 14.4. The van der Waals surface area contributed by atoms with Crippen molar-refractivity contribution < 1.29 is 18.8 Å². The van der Waals surface area contributed by atoms with Crippen LogP contribution >= 0.6 is 0 Å². The Labute approximate surface area is 133 Å². The van der Waals surface area contributed by atoms with Crippen molar-refractivity contribution >= 4 is 23.9 Å². The summed E-state index contributed by atoms with van der Waals surface area (Å²) >= 11 is 0. The van der Waals surface area contributed by atoms with Crippen LogP contribution in [0.25, 0.3) is 0 Å². The van der Waals surface area contributed by atoms with E-state index in [2.05, 4.69) is 10.3 Å². The minimum absolute atomic E-state index is 0.0389. The first kappa shape index (κ1) is 15.6. The molecular weight excluding hydrogens is 301 g/mol. The Morgan fingerprint density at radius 2 is 2.00 bits per heavy atom. The fourth-order valence-corrected chi connectivity index (χ4v) is 3.13. The molecule has 7 heteroatoms. The number of aromatic nitrogens is 1. The van der Waals surface area contributed by atoms with Crippen LogP contribution in [-0.2, 0) is 14.4 Å². The van der Waals surface area contributed by atoms with E-state index in [0.29, 0.717) is 37.9 Å². The number of hydrogen-bond donors (Lipinski definition) is 1. The summed E-state index contributed by atoms with van der Waals surface area (Å²) in [5, 5.41) is 2.27. The molecule has 3 rings (SSSR count). The molecule has 1 aromatic rings. The number of hydrogen-bond acceptors (Lipinski definition) is 5. The summed E-state index contributed by atoms with van der Waals surface area (Å²) in [6, 6.07) is 1.33. The van der Waals surface area contributed by atoms with Crippen molar-refractivity contribution in [2.45, 2.75) is 31.6 Å². The minimum Gasteiger partial charge on any atom is -0.354 e. The smallest absolute Gasteiger partial charge is 0.234 e. The molecule has 122 valence electrons. The number of rotatable bonds is 3. The van der Waals surface area contributed by atoms with Gasteiger partial charge < -0.3 is 9.69 Å². The van der Waals surface area contributed by atoms with E-state index < -0.39 is 17.6 Å². The van der Waals surface area contributed by atoms with Crippen molar-refractivity contribution in [3.8, 4) is 0 Å². The SMILES string of the molecule is O=CC1CCN(c2ncc(C3CCC(=O)NC3=O)cc2F)CC1. The van der Waals surface area contributed by atoms with Crippen molar-refractivity contribution in [3.05, 3.63) is 23.6 Å². The third-order valence-electron chi connectivity index (χ3n) is 4.52. The summed E-state index contributed by atoms with van der Waals surface area (Å²) < 4.78 is 14.4. The number of amides is 2. The zero-order valence-electron chi connectivity index (χ0n) is 12.6. The highest BCUT2D eigenvalue weighted by Gasteiger charge is 2.29. The molecule has 0 radical (unpaired) electrons. The van der Waals surface area contributed by atoms with Crippen LogP contribution in [0.5, 0.6) is 0 Å². The summed E-state index contributed by atoms with van der Waals surface area (Å²) in [5.74, 6) is -1.42. The van der Waals surface area contributed by atoms with Crippen LogP contribution in [0.15, 0.2) is 12.3 Å². The number of pyridine rings is 1. The molecule has 2 amide bonds. The average Bonchev–Trinajstić information content (AvgIpc) is 2.55. The molecule has 2 saturated heterocycles. The molecule has 3 heterocycles. The van der Waals surface area contributed by atoms with Gasteiger partial charge in [-0.1, -0.05) is 0 Å². The number of imide groups is 1. The second kappa shape index (κ2) is 6.44. The van der Waals surface area contributed by atoms with Crippen LogP contribution in [0.4, 0.5) is 10.2 Å². The van der Waals surface area contributed by atoms with Gasteiger partial charge in [-0.15, -0.1) is 0 Å². The molecule has 0 spiro atoms. The van der Waals surface area contributed by atoms with Crippen LogP contribution < -0.4 is 10.2 Å². The molecule has 2 aliphatic heterocycles. The molecule has 1 aromatic heterocycles. The molecule has 2 fully saturated rings. The fourth-order valence-electron chi connectivity index (χ4n) is 3.13. The van der Waals surface area contributed by atoms with Crippen LogP contribution in [0, 0.1) is 11.7 Å². The molecule has 1 N–H and O–H groups in total. The predicted octanol–water partition coefficient (Wildman–Crippen LogP) is 1.16. The summed E-state index contributed by atoms with van der Waals surface area (Å²) in [6.45, 7) is 1.18. The van der Waals surface area contributed by atoms with E-state index in [-0.39, 0.29) is 24.1 Å². The molecule has 0 saturated carbocycles. The molecule has 0 aromatic carbocycles. The average molecular weight is 319 g/mol. The number of carbonyl (C=O) groups excluding carboxylic acids is 3. The van der Waals surface area contributed by atoms with Gasteiger partial charge >= 0.3 is 0 Å². The number of halogens is 1. The molecule has 6 nitrogen and oxygen atoms in total. The predicted molar refractivity (Wildman–Crippen MR) is 80.3 cm³/mol. The Balaban J connectivity index is 1.75. The topological polar surface area (TPSA) is 79.4 Å². The van der Waals surface area contributed by atoms with Gasteiger partial charge in [-0.05, 0) is 30.9 Å². The van der Waals surface area contributed by atoms with E-state index in [1.54, 1.807) is 0 Å². The van der Waals surface area contributed by atoms with Gasteiger partial charge in [0.2, 0.25) is 11.8 Å². The highest BCUT2D eigenvalue weighted by Crippen LogP contribution is 2.28. The van der Waals surface area contributed by atoms with Crippen molar-refractivity contribution in [2.24, 2.45) is 5.92 Å². The highest BCUT2D eigenvalue weighted by atomic mass is 19.1. The van der Waals surface area contributed by atoms with Crippen LogP contribution in [0.3, 0.4) is 0 Å². The van der Waals surface area contributed by atoms with E-state index in [1.165, 1.54) is 12.3 Å². The van der Waals surface area contributed by atoms with Gasteiger partial charge in [0.05, 0.1) is 5.92 Å². The number of nitrogens with zero attached hydrogens (tertiary/aromatic N) is 2. The van der Waals surface area contributed by atoms with Crippen molar-refractivity contribution in [1.82, 2.24) is 10.3 Å². The lowest BCUT2D eigenvalue weighted by molar-refractivity contribution is -0.134. The van der Waals surface area contributed by atoms with Crippen molar-refractivity contribution in [2.75, 3.05) is 18.0 Å². The molecule has 23 heavy (non-hydrogen) atoms. The Hall–Kier alpha value is -2.31. The number of nitrogens with one attached hydrogen (secondary N) is 1. The molecular formula is C16H18FN3O3. The Bertz CT molecular complexity index is 641. The molecule has 1 atom stereocenters. The highest BCUT2D eigenvalue weighted by molar-refractivity contribution is 6.00. The van der Waals surface area contributed by atoms with Gasteiger partial charge in [0.1, 0.15) is 6.29 Å². The zero-order valence-corrected chi connectivity index (χ0v) is 12.6. The first-order chi connectivity index (χ1) is 11.1. The van der Waals surface area contributed by atoms with Gasteiger partial charge in [0, 0.05) is 31.6 Å². The Morgan fingerprint density at radius 3 is 2.61 bits per heavy atom. The molecule has 0 aliphatic carbocycles. The fraction of sp³-hybridized carbons (Fsp3) is 0.500. The Morgan fingerprint density at radius 1 is 1.26 bits per heavy atom. The van der Waals surface area contributed by atoms with Gasteiger partial charge in [0.15, 0.2) is 11.6 Å². The lowest BCUT2D eigenvalue weighted by atomic mass is 9.91. The van der Waals surface area contributed by atoms with Crippen LogP contribution in [0.2, 0.25) is 0 Å². The maximum absolute atomic E-state index is 14.4. The standard InChI is InChI=1S/C16H18FN3O3/c17-13-7-11(12-1-2-14(22)19-16(12)23)8-18-15(13)20-5-3-10(9-21)4-6-20/h7-10,12H,1-6H2,(H,19,22,23). The summed E-state index contributed by atoms with van der Waals surface area (Å²) in [4.78, 5) is 39.8. The summed E-state index contributed by atoms with van der Waals surface area (Å²) in [5.41, 5.74) is 0.485. The third-order valence-corrected chi connectivity index (χ3v) is 4.52.